The van der Waals surface area contributed by atoms with Gasteiger partial charge in [0.2, 0.25) is 0 Å². The number of hydrogen-bond acceptors (Lipinski definition) is 4. The van der Waals surface area contributed by atoms with Gasteiger partial charge in [0.1, 0.15) is 17.1 Å². The smallest absolute Gasteiger partial charge is 0.307 e. The van der Waals surface area contributed by atoms with Gasteiger partial charge >= 0.3 is 5.91 Å². The van der Waals surface area contributed by atoms with E-state index < -0.39 is 5.91 Å². The number of nitrogens with one attached hydrogen (secondary N) is 1. The second-order valence-electron chi connectivity index (χ2n) is 5.84. The highest BCUT2D eigenvalue weighted by molar-refractivity contribution is 5.96. The number of fused-ring (bicyclic) bond motifs is 1. The lowest BCUT2D eigenvalue weighted by Gasteiger charge is -2.05. The monoisotopic (exact) mass is 356 g/mol. The van der Waals surface area contributed by atoms with Crippen LogP contribution in [0.3, 0.4) is 0 Å². The number of hydrazone groups is 1. The molecule has 1 aromatic heterocycles. The number of carbonyl (C=O) groups excluding carboxylic acids is 1. The summed E-state index contributed by atoms with van der Waals surface area (Å²) in [6, 6.07) is 26.1. The van der Waals surface area contributed by atoms with E-state index in [4.69, 9.17) is 9.15 Å². The Hall–Kier alpha value is -3.86. The minimum absolute atomic E-state index is 0.217. The fourth-order valence-electron chi connectivity index (χ4n) is 2.60. The van der Waals surface area contributed by atoms with Crippen molar-refractivity contribution in [1.29, 1.82) is 0 Å². The number of ether oxygens (including phenoxy) is 1. The summed E-state index contributed by atoms with van der Waals surface area (Å²) in [6.45, 7) is 0. The number of benzene rings is 3. The molecule has 1 heterocycles. The van der Waals surface area contributed by atoms with E-state index in [1.165, 1.54) is 0 Å². The van der Waals surface area contributed by atoms with Gasteiger partial charge < -0.3 is 9.15 Å². The van der Waals surface area contributed by atoms with Crippen molar-refractivity contribution < 1.29 is 13.9 Å². The molecule has 1 N–H and O–H groups in total. The molecule has 132 valence electrons. The fourth-order valence-corrected chi connectivity index (χ4v) is 2.60. The lowest BCUT2D eigenvalue weighted by atomic mass is 10.2. The van der Waals surface area contributed by atoms with E-state index in [-0.39, 0.29) is 5.76 Å². The SMILES string of the molecule is O=C(N/N=C/c1cccc(Oc2ccccc2)c1)c1cc2ccccc2o1. The van der Waals surface area contributed by atoms with Gasteiger partial charge in [0.15, 0.2) is 5.76 Å². The molecule has 27 heavy (non-hydrogen) atoms. The third-order valence-corrected chi connectivity index (χ3v) is 3.87. The van der Waals surface area contributed by atoms with Crippen molar-refractivity contribution in [2.45, 2.75) is 0 Å². The Bertz CT molecular complexity index is 1070. The summed E-state index contributed by atoms with van der Waals surface area (Å²) in [5.74, 6) is 1.26. The molecule has 0 atom stereocenters. The second kappa shape index (κ2) is 7.58. The van der Waals surface area contributed by atoms with E-state index in [1.54, 1.807) is 12.3 Å². The Morgan fingerprint density at radius 2 is 1.67 bits per heavy atom. The van der Waals surface area contributed by atoms with Crippen LogP contribution in [0, 0.1) is 0 Å². The van der Waals surface area contributed by atoms with Gasteiger partial charge in [0.05, 0.1) is 6.21 Å². The average molecular weight is 356 g/mol. The maximum absolute atomic E-state index is 12.2. The molecule has 0 bridgehead atoms. The van der Waals surface area contributed by atoms with Gasteiger partial charge in [-0.15, -0.1) is 0 Å². The largest absolute Gasteiger partial charge is 0.457 e. The van der Waals surface area contributed by atoms with Gasteiger partial charge in [0.25, 0.3) is 0 Å². The van der Waals surface area contributed by atoms with E-state index in [2.05, 4.69) is 10.5 Å². The number of rotatable bonds is 5. The van der Waals surface area contributed by atoms with Crippen molar-refractivity contribution in [3.63, 3.8) is 0 Å². The van der Waals surface area contributed by atoms with Crippen molar-refractivity contribution in [1.82, 2.24) is 5.43 Å². The van der Waals surface area contributed by atoms with E-state index in [0.29, 0.717) is 11.3 Å². The normalized spacial score (nSPS) is 11.0. The summed E-state index contributed by atoms with van der Waals surface area (Å²) in [5, 5.41) is 4.87. The molecule has 5 heteroatoms. The van der Waals surface area contributed by atoms with Gasteiger partial charge in [-0.1, -0.05) is 48.5 Å². The summed E-state index contributed by atoms with van der Waals surface area (Å²) in [4.78, 5) is 12.2. The van der Waals surface area contributed by atoms with Crippen molar-refractivity contribution in [3.8, 4) is 11.5 Å². The van der Waals surface area contributed by atoms with Crippen LogP contribution in [0.15, 0.2) is 94.4 Å². The molecule has 0 unspecified atom stereocenters. The molecule has 0 aliphatic heterocycles. The highest BCUT2D eigenvalue weighted by Crippen LogP contribution is 2.21. The zero-order valence-electron chi connectivity index (χ0n) is 14.3. The molecule has 0 radical (unpaired) electrons. The Balaban J connectivity index is 1.42. The highest BCUT2D eigenvalue weighted by Gasteiger charge is 2.10. The first-order valence-corrected chi connectivity index (χ1v) is 8.43. The van der Waals surface area contributed by atoms with Crippen LogP contribution >= 0.6 is 0 Å². The first-order valence-electron chi connectivity index (χ1n) is 8.43. The lowest BCUT2D eigenvalue weighted by Crippen LogP contribution is -2.16. The van der Waals surface area contributed by atoms with Gasteiger partial charge in [-0.2, -0.15) is 5.10 Å². The number of carbonyl (C=O) groups is 1. The number of amides is 1. The molecular formula is C22H16N2O3. The summed E-state index contributed by atoms with van der Waals surface area (Å²) in [7, 11) is 0. The average Bonchev–Trinajstić information content (AvgIpc) is 3.13. The van der Waals surface area contributed by atoms with Crippen molar-refractivity contribution in [3.05, 3.63) is 96.3 Å². The maximum atomic E-state index is 12.2. The van der Waals surface area contributed by atoms with Crippen LogP contribution in [0.5, 0.6) is 11.5 Å². The minimum Gasteiger partial charge on any atom is -0.457 e. The van der Waals surface area contributed by atoms with Crippen LogP contribution in [-0.4, -0.2) is 12.1 Å². The van der Waals surface area contributed by atoms with Crippen LogP contribution in [-0.2, 0) is 0 Å². The lowest BCUT2D eigenvalue weighted by molar-refractivity contribution is 0.0929. The topological polar surface area (TPSA) is 63.8 Å². The predicted octanol–water partition coefficient (Wildman–Crippen LogP) is 4.99. The first-order chi connectivity index (χ1) is 13.3. The zero-order valence-corrected chi connectivity index (χ0v) is 14.3. The number of nitrogens with zero attached hydrogens (tertiary/aromatic N) is 1. The minimum atomic E-state index is -0.404. The van der Waals surface area contributed by atoms with Crippen molar-refractivity contribution >= 4 is 23.1 Å². The molecule has 3 aromatic carbocycles. The fraction of sp³-hybridized carbons (Fsp3) is 0. The third-order valence-electron chi connectivity index (χ3n) is 3.87. The predicted molar refractivity (Wildman–Crippen MR) is 104 cm³/mol. The number of para-hydroxylation sites is 2. The van der Waals surface area contributed by atoms with E-state index in [0.717, 1.165) is 16.7 Å². The first kappa shape index (κ1) is 16.6. The molecule has 4 rings (SSSR count). The molecule has 0 fully saturated rings. The van der Waals surface area contributed by atoms with Gasteiger partial charge in [-0.3, -0.25) is 4.79 Å². The Morgan fingerprint density at radius 1 is 0.889 bits per heavy atom. The molecule has 0 aliphatic carbocycles. The van der Waals surface area contributed by atoms with Crippen LogP contribution in [0.25, 0.3) is 11.0 Å². The van der Waals surface area contributed by atoms with Gasteiger partial charge in [-0.05, 0) is 42.0 Å². The Morgan fingerprint density at radius 3 is 2.52 bits per heavy atom. The molecule has 0 spiro atoms. The van der Waals surface area contributed by atoms with Crippen molar-refractivity contribution in [2.24, 2.45) is 5.10 Å². The van der Waals surface area contributed by atoms with Crippen LogP contribution in [0.2, 0.25) is 0 Å². The maximum Gasteiger partial charge on any atom is 0.307 e. The summed E-state index contributed by atoms with van der Waals surface area (Å²) in [5.41, 5.74) is 3.94. The molecule has 5 nitrogen and oxygen atoms in total. The molecule has 0 saturated heterocycles. The van der Waals surface area contributed by atoms with E-state index >= 15 is 0 Å². The van der Waals surface area contributed by atoms with Crippen LogP contribution in [0.4, 0.5) is 0 Å². The highest BCUT2D eigenvalue weighted by atomic mass is 16.5. The van der Waals surface area contributed by atoms with E-state index in [9.17, 15) is 4.79 Å². The number of hydrogen-bond donors (Lipinski definition) is 1. The second-order valence-corrected chi connectivity index (χ2v) is 5.84. The van der Waals surface area contributed by atoms with Crippen LogP contribution in [0.1, 0.15) is 16.1 Å². The standard InChI is InChI=1S/C22H16N2O3/c25-22(21-14-17-8-4-5-12-20(17)27-21)24-23-15-16-7-6-11-19(13-16)26-18-9-2-1-3-10-18/h1-15H,(H,24,25)/b23-15+. The molecular weight excluding hydrogens is 340 g/mol. The van der Waals surface area contributed by atoms with Gasteiger partial charge in [0, 0.05) is 5.39 Å². The molecule has 0 saturated carbocycles. The summed E-state index contributed by atoms with van der Waals surface area (Å²) < 4.78 is 11.3. The number of furan rings is 1. The molecule has 1 amide bonds. The van der Waals surface area contributed by atoms with E-state index in [1.807, 2.05) is 78.9 Å². The van der Waals surface area contributed by atoms with Gasteiger partial charge in [-0.25, -0.2) is 5.43 Å². The quantitative estimate of drug-likeness (QED) is 0.405. The Kier molecular flexibility index (Phi) is 4.66. The zero-order chi connectivity index (χ0) is 18.5. The third kappa shape index (κ3) is 4.04. The summed E-state index contributed by atoms with van der Waals surface area (Å²) in [6.07, 6.45) is 1.55. The molecule has 0 aliphatic rings. The summed E-state index contributed by atoms with van der Waals surface area (Å²) >= 11 is 0. The Labute approximate surface area is 155 Å². The van der Waals surface area contributed by atoms with Crippen molar-refractivity contribution in [2.75, 3.05) is 0 Å². The van der Waals surface area contributed by atoms with Crippen LogP contribution < -0.4 is 10.2 Å². The molecule has 4 aromatic rings.